The van der Waals surface area contributed by atoms with Crippen molar-refractivity contribution in [1.29, 1.82) is 0 Å². The van der Waals surface area contributed by atoms with Crippen LogP contribution in [0.25, 0.3) is 228 Å². The van der Waals surface area contributed by atoms with Gasteiger partial charge in [-0.15, -0.1) is 0 Å². The molecule has 21 aromatic carbocycles. The Morgan fingerprint density at radius 3 is 0.923 bits per heavy atom. The van der Waals surface area contributed by atoms with Gasteiger partial charge >= 0.3 is 0 Å². The summed E-state index contributed by atoms with van der Waals surface area (Å²) in [6.45, 7) is 2.48. The number of benzene rings is 21. The van der Waals surface area contributed by atoms with Gasteiger partial charge in [-0.2, -0.15) is 0 Å². The minimum Gasteiger partial charge on any atom is -0.309 e. The van der Waals surface area contributed by atoms with E-state index in [-0.39, 0.29) is 0 Å². The summed E-state index contributed by atoms with van der Waals surface area (Å²) in [5.74, 6) is 4.65. The third kappa shape index (κ3) is 16.2. The molecular weight excluding hydrogens is 1760 g/mol. The highest BCUT2D eigenvalue weighted by Gasteiger charge is 2.35. The quantitative estimate of drug-likeness (QED) is 0.0693. The van der Waals surface area contributed by atoms with Crippen LogP contribution in [0.1, 0.15) is 0 Å². The molecule has 0 atom stereocenters. The Kier molecular flexibility index (Phi) is 22.3. The summed E-state index contributed by atoms with van der Waals surface area (Å²) >= 11 is 0. The van der Waals surface area contributed by atoms with E-state index in [1.165, 1.54) is 108 Å². The van der Waals surface area contributed by atoms with Crippen molar-refractivity contribution < 1.29 is 0 Å². The predicted molar refractivity (Wildman–Crippen MR) is 595 cm³/mol. The van der Waals surface area contributed by atoms with E-state index in [1.807, 2.05) is 133 Å². The van der Waals surface area contributed by atoms with Gasteiger partial charge in [-0.05, 0) is 169 Å². The number of aromatic nitrogens is 11. The first kappa shape index (κ1) is 85.8. The van der Waals surface area contributed by atoms with E-state index in [0.29, 0.717) is 40.8 Å². The lowest BCUT2D eigenvalue weighted by molar-refractivity contribution is 1.07. The molecule has 0 bridgehead atoms. The Morgan fingerprint density at radius 1 is 0.161 bits per heavy atom. The van der Waals surface area contributed by atoms with E-state index in [2.05, 4.69) is 408 Å². The number of rotatable bonds is 16. The van der Waals surface area contributed by atoms with Gasteiger partial charge in [-0.1, -0.05) is 419 Å². The molecule has 27 rings (SSSR count). The highest BCUT2D eigenvalue weighted by molar-refractivity contribution is 7.10. The minimum absolute atomic E-state index is 0.650. The maximum Gasteiger partial charge on any atom is 0.164 e. The highest BCUT2D eigenvalue weighted by atomic mass is 28.3. The monoisotopic (exact) mass is 1840 g/mol. The van der Waals surface area contributed by atoms with Gasteiger partial charge in [0, 0.05) is 99.3 Å². The molecule has 0 radical (unpaired) electrons. The maximum atomic E-state index is 5.22. The van der Waals surface area contributed by atoms with E-state index in [1.54, 1.807) is 0 Å². The van der Waals surface area contributed by atoms with Gasteiger partial charge in [0.1, 0.15) is 8.07 Å². The lowest BCUT2D eigenvalue weighted by Crippen LogP contribution is -2.64. The van der Waals surface area contributed by atoms with Gasteiger partial charge in [-0.3, -0.25) is 0 Å². The van der Waals surface area contributed by atoms with Crippen molar-refractivity contribution in [2.24, 2.45) is 0 Å². The van der Waals surface area contributed by atoms with Crippen LogP contribution in [0.5, 0.6) is 0 Å². The molecule has 0 saturated carbocycles. The average molecular weight is 1850 g/mol. The predicted octanol–water partition coefficient (Wildman–Crippen LogP) is 30.7. The number of nitrogens with zero attached hydrogens (tertiary/aromatic N) is 11. The molecule has 27 aromatic rings. The smallest absolute Gasteiger partial charge is 0.164 e. The third-order valence-electron chi connectivity index (χ3n) is 27.7. The number of hydrogen-bond acceptors (Lipinski definition) is 8. The molecular formula is C131H89N11Si. The van der Waals surface area contributed by atoms with Gasteiger partial charge in [0.05, 0.1) is 44.3 Å². The molecule has 6 aromatic heterocycles. The van der Waals surface area contributed by atoms with Crippen molar-refractivity contribution in [3.05, 3.63) is 522 Å². The Hall–Kier alpha value is -18.9. The van der Waals surface area contributed by atoms with Crippen molar-refractivity contribution in [3.8, 4) is 130 Å². The fourth-order valence-corrected chi connectivity index (χ4v) is 24.1. The van der Waals surface area contributed by atoms with Gasteiger partial charge in [-0.25, -0.2) is 39.9 Å². The van der Waals surface area contributed by atoms with Crippen LogP contribution in [0.2, 0.25) is 6.55 Å². The summed E-state index contributed by atoms with van der Waals surface area (Å²) < 4.78 is 7.14. The minimum atomic E-state index is -2.33. The second kappa shape index (κ2) is 37.2. The second-order valence-corrected chi connectivity index (χ2v) is 40.1. The first-order valence-electron chi connectivity index (χ1n) is 48.3. The molecule has 0 amide bonds. The molecule has 0 saturated heterocycles. The SMILES string of the molecule is C[Si](c1ccccc1)(c1ccccc1)c1ccc2c3ccccc3n(-c3ccc(-c4nc(-c5ccc(-c6ccccc6)cc5)c5ccccc5n4)cc3)c2c1.c1ccc(-c2nc(-c3ccccc3)nc(-c3ccc(-c4ccc5c(c4)c4c6ccccc6ccc4n5-c4ccccc4)cc3)n2)cc1.c1ccc(-c2nc(-c3ccccc3)nc(-c3ccc4c(c3)c3c5ccccc5ccc3n4-c3ccccc3)n2)cc1. The first-order chi connectivity index (χ1) is 70.8. The lowest BCUT2D eigenvalue weighted by Gasteiger charge is -2.29. The number of fused-ring (bicyclic) bond motifs is 14. The highest BCUT2D eigenvalue weighted by Crippen LogP contribution is 2.44. The zero-order chi connectivity index (χ0) is 95.1. The van der Waals surface area contributed by atoms with Crippen LogP contribution in [-0.2, 0) is 0 Å². The molecule has 0 unspecified atom stereocenters. The molecule has 0 aliphatic heterocycles. The average Bonchev–Trinajstić information content (AvgIpc) is 1.60. The summed E-state index contributed by atoms with van der Waals surface area (Å²) in [4.78, 5) is 39.8. The van der Waals surface area contributed by atoms with Gasteiger partial charge in [0.2, 0.25) is 0 Å². The molecule has 672 valence electrons. The zero-order valence-electron chi connectivity index (χ0n) is 78.1. The van der Waals surface area contributed by atoms with Crippen molar-refractivity contribution in [2.45, 2.75) is 6.55 Å². The normalized spacial score (nSPS) is 11.5. The molecule has 0 N–H and O–H groups in total. The van der Waals surface area contributed by atoms with Crippen LogP contribution < -0.4 is 15.6 Å². The zero-order valence-corrected chi connectivity index (χ0v) is 79.1. The molecule has 0 aliphatic carbocycles. The van der Waals surface area contributed by atoms with E-state index in [4.69, 9.17) is 39.9 Å². The van der Waals surface area contributed by atoms with E-state index in [0.717, 1.165) is 94.8 Å². The van der Waals surface area contributed by atoms with Crippen LogP contribution in [-0.4, -0.2) is 61.6 Å². The largest absolute Gasteiger partial charge is 0.309 e. The van der Waals surface area contributed by atoms with Gasteiger partial charge < -0.3 is 13.7 Å². The summed E-state index contributed by atoms with van der Waals surface area (Å²) in [5, 5.41) is 17.6. The Bertz CT molecular complexity index is 9250. The summed E-state index contributed by atoms with van der Waals surface area (Å²) in [6, 6.07) is 184. The van der Waals surface area contributed by atoms with Crippen LogP contribution >= 0.6 is 0 Å². The Morgan fingerprint density at radius 2 is 0.455 bits per heavy atom. The van der Waals surface area contributed by atoms with E-state index < -0.39 is 8.07 Å². The Balaban J connectivity index is 0.000000114. The number of para-hydroxylation sites is 4. The molecule has 6 heterocycles. The van der Waals surface area contributed by atoms with Crippen molar-refractivity contribution >= 4 is 121 Å². The van der Waals surface area contributed by atoms with Gasteiger partial charge in [0.25, 0.3) is 0 Å². The molecule has 12 heteroatoms. The third-order valence-corrected chi connectivity index (χ3v) is 32.1. The number of hydrogen-bond donors (Lipinski definition) is 0. The second-order valence-electron chi connectivity index (χ2n) is 36.2. The Labute approximate surface area is 827 Å². The van der Waals surface area contributed by atoms with Crippen molar-refractivity contribution in [2.75, 3.05) is 0 Å². The molecule has 0 spiro atoms. The van der Waals surface area contributed by atoms with Crippen LogP contribution in [0.3, 0.4) is 0 Å². The standard InChI is InChI=1S/C51H37N3Si.C43H28N4.C37H24N4/c1-55(41-17-7-3-8-18-41,42-19-9-4-10-20-42)43-33-34-45-44-21-12-14-24-48(44)54(49(45)35-43)40-31-29-39(30-32-40)51-52-47-23-13-11-22-46(47)50(53-51)38-27-25-37(26-28-38)36-15-5-2-6-16-36;1-4-13-31(14-5-1)41-44-42(32-15-6-2-7-16-32)46-43(45-41)33-22-20-29(21-23-33)34-25-26-38-37(28-34)40-36-19-11-10-12-30(36)24-27-39(40)47(38)35-17-8-3-9-18-35;1-4-13-26(14-5-1)35-38-36(27-15-6-2-7-16-27)40-37(39-35)28-21-22-32-31(24-28)34-30-19-11-10-12-25(30)20-23-33(34)41(32)29-17-8-3-9-18-29/h2-35H,1H3;1-28H;1-24H. The first-order valence-corrected chi connectivity index (χ1v) is 50.8. The van der Waals surface area contributed by atoms with Gasteiger partial charge in [0.15, 0.2) is 40.8 Å². The molecule has 11 nitrogen and oxygen atoms in total. The lowest BCUT2D eigenvalue weighted by atomic mass is 9.99. The summed E-state index contributed by atoms with van der Waals surface area (Å²) in [6.07, 6.45) is 0. The summed E-state index contributed by atoms with van der Waals surface area (Å²) in [7, 11) is -2.33. The fraction of sp³-hybridized carbons (Fsp3) is 0.00763. The van der Waals surface area contributed by atoms with Crippen LogP contribution in [0, 0.1) is 0 Å². The van der Waals surface area contributed by atoms with E-state index >= 15 is 0 Å². The molecule has 0 aliphatic rings. The van der Waals surface area contributed by atoms with Crippen LogP contribution in [0.4, 0.5) is 0 Å². The summed E-state index contributed by atoms with van der Waals surface area (Å²) in [5.41, 5.74) is 24.8. The van der Waals surface area contributed by atoms with Crippen LogP contribution in [0.15, 0.2) is 522 Å². The maximum absolute atomic E-state index is 5.22. The van der Waals surface area contributed by atoms with Crippen molar-refractivity contribution in [3.63, 3.8) is 0 Å². The molecule has 143 heavy (non-hydrogen) atoms. The van der Waals surface area contributed by atoms with E-state index in [9.17, 15) is 0 Å². The molecule has 0 fully saturated rings. The van der Waals surface area contributed by atoms with Crippen molar-refractivity contribution in [1.82, 2.24) is 53.6 Å². The fourth-order valence-electron chi connectivity index (χ4n) is 20.5. The topological polar surface area (TPSA) is 118 Å².